The summed E-state index contributed by atoms with van der Waals surface area (Å²) >= 11 is 0. The summed E-state index contributed by atoms with van der Waals surface area (Å²) in [4.78, 5) is 39.1. The van der Waals surface area contributed by atoms with Gasteiger partial charge in [0, 0.05) is 5.54 Å². The van der Waals surface area contributed by atoms with Crippen molar-refractivity contribution < 1.29 is 19.3 Å². The fraction of sp³-hybridized carbons (Fsp3) is 0.824. The monoisotopic (exact) mass is 339 g/mol. The second kappa shape index (κ2) is 6.70. The largest absolute Gasteiger partial charge is 0.347 e. The van der Waals surface area contributed by atoms with E-state index in [1.54, 1.807) is 0 Å². The van der Waals surface area contributed by atoms with E-state index in [2.05, 4.69) is 17.6 Å². The number of nitrogens with zero attached hydrogens (tertiary/aromatic N) is 1. The maximum Gasteiger partial charge on any atom is 0.329 e. The summed E-state index contributed by atoms with van der Waals surface area (Å²) < 4.78 is 0. The predicted molar refractivity (Wildman–Crippen MR) is 90.3 cm³/mol. The van der Waals surface area contributed by atoms with Crippen LogP contribution < -0.4 is 15.5 Å². The number of amides is 4. The van der Waals surface area contributed by atoms with E-state index in [0.29, 0.717) is 18.8 Å². The van der Waals surface area contributed by atoms with Crippen molar-refractivity contribution in [1.82, 2.24) is 15.5 Å². The smallest absolute Gasteiger partial charge is 0.329 e. The number of quaternary nitrogens is 1. The Balaban J connectivity index is 1.94. The van der Waals surface area contributed by atoms with Gasteiger partial charge >= 0.3 is 6.03 Å². The second-order valence-electron chi connectivity index (χ2n) is 8.52. The van der Waals surface area contributed by atoms with E-state index in [-0.39, 0.29) is 36.6 Å². The minimum absolute atomic E-state index is 0.0896. The van der Waals surface area contributed by atoms with Crippen LogP contribution in [0.3, 0.4) is 0 Å². The molecular formula is C17H31N4O3+. The molecule has 7 nitrogen and oxygen atoms in total. The molecule has 1 heterocycles. The number of rotatable bonds is 4. The fourth-order valence-electron chi connectivity index (χ4n) is 3.48. The zero-order valence-corrected chi connectivity index (χ0v) is 15.5. The molecule has 2 aliphatic rings. The summed E-state index contributed by atoms with van der Waals surface area (Å²) in [6.07, 6.45) is 3.32. The first-order chi connectivity index (χ1) is 11.0. The second-order valence-corrected chi connectivity index (χ2v) is 8.52. The zero-order valence-electron chi connectivity index (χ0n) is 15.5. The highest BCUT2D eigenvalue weighted by Gasteiger charge is 2.52. The van der Waals surface area contributed by atoms with Crippen LogP contribution in [0.1, 0.15) is 53.4 Å². The van der Waals surface area contributed by atoms with Crippen molar-refractivity contribution >= 4 is 17.8 Å². The van der Waals surface area contributed by atoms with Gasteiger partial charge in [-0.3, -0.25) is 9.59 Å². The third-order valence-electron chi connectivity index (χ3n) is 4.78. The summed E-state index contributed by atoms with van der Waals surface area (Å²) in [5, 5.41) is 5.81. The average Bonchev–Trinajstić information content (AvgIpc) is 2.65. The van der Waals surface area contributed by atoms with E-state index in [1.807, 2.05) is 27.8 Å². The molecule has 1 aliphatic carbocycles. The number of carbonyl (C=O) groups is 3. The van der Waals surface area contributed by atoms with Crippen molar-refractivity contribution in [2.24, 2.45) is 5.92 Å². The number of imide groups is 1. The molecule has 1 saturated carbocycles. The molecule has 1 atom stereocenters. The lowest BCUT2D eigenvalue weighted by atomic mass is 9.77. The Kier molecular flexibility index (Phi) is 5.22. The molecule has 1 aliphatic heterocycles. The topological polar surface area (TPSA) is 82.9 Å². The zero-order chi connectivity index (χ0) is 18.1. The molecule has 0 aromatic heterocycles. The molecule has 24 heavy (non-hydrogen) atoms. The highest BCUT2D eigenvalue weighted by Crippen LogP contribution is 2.35. The lowest BCUT2D eigenvalue weighted by molar-refractivity contribution is -0.879. The van der Waals surface area contributed by atoms with E-state index in [4.69, 9.17) is 0 Å². The van der Waals surface area contributed by atoms with Crippen molar-refractivity contribution in [3.63, 3.8) is 0 Å². The summed E-state index contributed by atoms with van der Waals surface area (Å²) in [7, 11) is 1.82. The highest BCUT2D eigenvalue weighted by atomic mass is 16.2. The Morgan fingerprint density at radius 1 is 1.33 bits per heavy atom. The van der Waals surface area contributed by atoms with E-state index < -0.39 is 5.54 Å². The van der Waals surface area contributed by atoms with Crippen LogP contribution in [-0.2, 0) is 9.59 Å². The molecule has 0 bridgehead atoms. The SMILES string of the molecule is CC1CCC2(CC1)NC(=O)N(C[NH+](C)CC(=O)NC(C)(C)C)C2=O. The normalized spacial score (nSPS) is 28.9. The standard InChI is InChI=1S/C17H30N4O3/c1-12-6-8-17(9-7-12)14(23)21(15(24)19-17)11-20(5)10-13(22)18-16(2,3)4/h12H,6-11H2,1-5H3,(H,18,22)(H,19,24)/p+1. The first-order valence-corrected chi connectivity index (χ1v) is 8.79. The molecule has 0 aromatic rings. The molecule has 0 aromatic carbocycles. The van der Waals surface area contributed by atoms with Crippen LogP contribution >= 0.6 is 0 Å². The van der Waals surface area contributed by atoms with E-state index in [0.717, 1.165) is 17.7 Å². The highest BCUT2D eigenvalue weighted by molar-refractivity contribution is 6.06. The molecule has 1 unspecified atom stereocenters. The molecule has 136 valence electrons. The Morgan fingerprint density at radius 3 is 2.46 bits per heavy atom. The molecule has 4 amide bonds. The van der Waals surface area contributed by atoms with Crippen LogP contribution in [0, 0.1) is 5.92 Å². The van der Waals surface area contributed by atoms with Crippen LogP contribution in [0.2, 0.25) is 0 Å². The number of likely N-dealkylation sites (N-methyl/N-ethyl adjacent to an activating group) is 1. The number of urea groups is 1. The third kappa shape index (κ3) is 4.26. The quantitative estimate of drug-likeness (QED) is 0.624. The molecule has 7 heteroatoms. The fourth-order valence-corrected chi connectivity index (χ4v) is 3.48. The molecule has 2 rings (SSSR count). The number of hydrogen-bond donors (Lipinski definition) is 3. The molecule has 1 saturated heterocycles. The first-order valence-electron chi connectivity index (χ1n) is 8.79. The van der Waals surface area contributed by atoms with Crippen LogP contribution in [-0.4, -0.2) is 54.1 Å². The van der Waals surface area contributed by atoms with Crippen LogP contribution in [0.25, 0.3) is 0 Å². The summed E-state index contributed by atoms with van der Waals surface area (Å²) in [6.45, 7) is 8.37. The van der Waals surface area contributed by atoms with Gasteiger partial charge in [-0.1, -0.05) is 6.92 Å². The van der Waals surface area contributed by atoms with E-state index >= 15 is 0 Å². The van der Waals surface area contributed by atoms with Gasteiger partial charge in [0.1, 0.15) is 5.54 Å². The Labute approximate surface area is 144 Å². The van der Waals surface area contributed by atoms with Gasteiger partial charge in [0.2, 0.25) is 0 Å². The van der Waals surface area contributed by atoms with Gasteiger partial charge in [0.05, 0.1) is 7.05 Å². The van der Waals surface area contributed by atoms with Gasteiger partial charge in [0.25, 0.3) is 11.8 Å². The van der Waals surface area contributed by atoms with Gasteiger partial charge in [-0.05, 0) is 52.4 Å². The maximum atomic E-state index is 12.8. The minimum atomic E-state index is -0.711. The Morgan fingerprint density at radius 2 is 1.92 bits per heavy atom. The van der Waals surface area contributed by atoms with Crippen molar-refractivity contribution in [1.29, 1.82) is 0 Å². The third-order valence-corrected chi connectivity index (χ3v) is 4.78. The van der Waals surface area contributed by atoms with Crippen molar-refractivity contribution in [3.05, 3.63) is 0 Å². The van der Waals surface area contributed by atoms with Crippen molar-refractivity contribution in [2.45, 2.75) is 64.5 Å². The van der Waals surface area contributed by atoms with Gasteiger partial charge in [0.15, 0.2) is 13.2 Å². The maximum absolute atomic E-state index is 12.8. The van der Waals surface area contributed by atoms with Crippen LogP contribution in [0.4, 0.5) is 4.79 Å². The average molecular weight is 339 g/mol. The lowest BCUT2D eigenvalue weighted by Crippen LogP contribution is -3.12. The van der Waals surface area contributed by atoms with Crippen LogP contribution in [0.5, 0.6) is 0 Å². The summed E-state index contributed by atoms with van der Waals surface area (Å²) in [6, 6.07) is -0.329. The van der Waals surface area contributed by atoms with E-state index in [9.17, 15) is 14.4 Å². The molecule has 3 N–H and O–H groups in total. The first kappa shape index (κ1) is 18.7. The Hall–Kier alpha value is -1.63. The molecule has 2 fully saturated rings. The van der Waals surface area contributed by atoms with Crippen molar-refractivity contribution in [3.8, 4) is 0 Å². The lowest BCUT2D eigenvalue weighted by Gasteiger charge is -2.33. The number of carbonyl (C=O) groups excluding carboxylic acids is 3. The summed E-state index contributed by atoms with van der Waals surface area (Å²) in [5.74, 6) is 0.381. The van der Waals surface area contributed by atoms with E-state index in [1.165, 1.54) is 4.90 Å². The summed E-state index contributed by atoms with van der Waals surface area (Å²) in [5.41, 5.74) is -1.00. The molecule has 0 radical (unpaired) electrons. The number of hydrogen-bond acceptors (Lipinski definition) is 3. The van der Waals surface area contributed by atoms with Crippen LogP contribution in [0.15, 0.2) is 0 Å². The predicted octanol–water partition coefficient (Wildman–Crippen LogP) is -0.126. The van der Waals surface area contributed by atoms with Gasteiger partial charge in [-0.2, -0.15) is 0 Å². The number of nitrogens with one attached hydrogen (secondary N) is 3. The molecular weight excluding hydrogens is 308 g/mol. The van der Waals surface area contributed by atoms with Gasteiger partial charge < -0.3 is 15.5 Å². The Bertz CT molecular complexity index is 518. The van der Waals surface area contributed by atoms with Gasteiger partial charge in [-0.25, -0.2) is 9.69 Å². The van der Waals surface area contributed by atoms with Gasteiger partial charge in [-0.15, -0.1) is 0 Å². The molecule has 1 spiro atoms. The van der Waals surface area contributed by atoms with Crippen molar-refractivity contribution in [2.75, 3.05) is 20.3 Å². The minimum Gasteiger partial charge on any atom is -0.347 e.